The monoisotopic (exact) mass is 797 g/mol. The van der Waals surface area contributed by atoms with Crippen LogP contribution in [0, 0.1) is 23.7 Å². The van der Waals surface area contributed by atoms with E-state index in [2.05, 4.69) is 17.2 Å². The lowest BCUT2D eigenvalue weighted by atomic mass is 9.89. The molecule has 13 nitrogen and oxygen atoms in total. The molecular formula is C44H72N6O7. The van der Waals surface area contributed by atoms with Crippen molar-refractivity contribution in [1.29, 1.82) is 0 Å². The SMILES string of the molecule is C=C/C(=C\C=C1\C=CC=CC1)C(=O)CNC(=O)[C@H](C)[C@@H](OC)[C@@H]1C[C@H](N)CN1C(=O)C[C@@H](OC)[C@H]([C@@H](C)CC)N(C)C(=O)[C@@H](NC(=O)[C@H](C(C)C)N(C)C)C(C)C. The van der Waals surface area contributed by atoms with Crippen molar-refractivity contribution < 1.29 is 33.4 Å². The molecule has 320 valence electrons. The molecule has 2 aliphatic rings. The first-order chi connectivity index (χ1) is 26.8. The maximum absolute atomic E-state index is 14.3. The Bertz CT molecular complexity index is 1510. The Kier molecular flexibility index (Phi) is 20.3. The van der Waals surface area contributed by atoms with Crippen molar-refractivity contribution in [1.82, 2.24) is 25.3 Å². The molecule has 0 radical (unpaired) electrons. The summed E-state index contributed by atoms with van der Waals surface area (Å²) in [5.41, 5.74) is 7.88. The van der Waals surface area contributed by atoms with Gasteiger partial charge in [0.25, 0.3) is 0 Å². The normalized spacial score (nSPS) is 21.6. The van der Waals surface area contributed by atoms with Gasteiger partial charge in [-0.05, 0) is 50.3 Å². The van der Waals surface area contributed by atoms with Crippen LogP contribution in [0.5, 0.6) is 0 Å². The van der Waals surface area contributed by atoms with Crippen molar-refractivity contribution in [3.63, 3.8) is 0 Å². The molecule has 0 saturated carbocycles. The molecule has 4 N–H and O–H groups in total. The van der Waals surface area contributed by atoms with Gasteiger partial charge in [0.15, 0.2) is 5.78 Å². The van der Waals surface area contributed by atoms with Crippen LogP contribution in [0.1, 0.15) is 74.1 Å². The van der Waals surface area contributed by atoms with Crippen molar-refractivity contribution in [2.75, 3.05) is 48.5 Å². The molecule has 2 rings (SSSR count). The molecule has 0 aromatic carbocycles. The number of methoxy groups -OCH3 is 2. The number of nitrogens with two attached hydrogens (primary N) is 1. The van der Waals surface area contributed by atoms with Crippen LogP contribution < -0.4 is 16.4 Å². The number of rotatable bonds is 22. The smallest absolute Gasteiger partial charge is 0.245 e. The lowest BCUT2D eigenvalue weighted by Gasteiger charge is -2.41. The third-order valence-electron chi connectivity index (χ3n) is 11.4. The van der Waals surface area contributed by atoms with Gasteiger partial charge in [0, 0.05) is 39.4 Å². The summed E-state index contributed by atoms with van der Waals surface area (Å²) in [6, 6.07) is -2.57. The number of amides is 4. The number of hydrogen-bond acceptors (Lipinski definition) is 9. The third-order valence-corrected chi connectivity index (χ3v) is 11.4. The summed E-state index contributed by atoms with van der Waals surface area (Å²) in [5, 5.41) is 5.77. The minimum atomic E-state index is -0.789. The summed E-state index contributed by atoms with van der Waals surface area (Å²) >= 11 is 0. The summed E-state index contributed by atoms with van der Waals surface area (Å²) in [5.74, 6) is -2.36. The van der Waals surface area contributed by atoms with Crippen LogP contribution >= 0.6 is 0 Å². The molecule has 1 aliphatic carbocycles. The zero-order chi connectivity index (χ0) is 43.1. The van der Waals surface area contributed by atoms with E-state index in [-0.39, 0.29) is 66.8 Å². The summed E-state index contributed by atoms with van der Waals surface area (Å²) in [6.45, 7) is 17.3. The fourth-order valence-corrected chi connectivity index (χ4v) is 8.02. The predicted molar refractivity (Wildman–Crippen MR) is 226 cm³/mol. The number of ketones is 1. The Hall–Kier alpha value is -3.91. The molecule has 1 saturated heterocycles. The fraction of sp³-hybridized carbons (Fsp3) is 0.659. The van der Waals surface area contributed by atoms with E-state index in [1.165, 1.54) is 20.3 Å². The fourth-order valence-electron chi connectivity index (χ4n) is 8.02. The predicted octanol–water partition coefficient (Wildman–Crippen LogP) is 3.81. The minimum absolute atomic E-state index is 0.0300. The van der Waals surface area contributed by atoms with Crippen molar-refractivity contribution in [3.8, 4) is 0 Å². The molecule has 0 aromatic rings. The van der Waals surface area contributed by atoms with Gasteiger partial charge in [-0.25, -0.2) is 0 Å². The van der Waals surface area contributed by atoms with Gasteiger partial charge in [-0.3, -0.25) is 28.9 Å². The highest BCUT2D eigenvalue weighted by atomic mass is 16.5. The largest absolute Gasteiger partial charge is 0.379 e. The number of hydrogen-bond donors (Lipinski definition) is 3. The molecule has 1 fully saturated rings. The summed E-state index contributed by atoms with van der Waals surface area (Å²) in [6.07, 6.45) is 13.4. The Balaban J connectivity index is 2.26. The van der Waals surface area contributed by atoms with Gasteiger partial charge >= 0.3 is 0 Å². The van der Waals surface area contributed by atoms with E-state index in [0.29, 0.717) is 18.4 Å². The van der Waals surface area contributed by atoms with Crippen LogP contribution in [-0.4, -0.2) is 135 Å². The molecule has 0 unspecified atom stereocenters. The van der Waals surface area contributed by atoms with Gasteiger partial charge in [0.2, 0.25) is 23.6 Å². The average molecular weight is 797 g/mol. The summed E-state index contributed by atoms with van der Waals surface area (Å²) in [4.78, 5) is 73.6. The van der Waals surface area contributed by atoms with Crippen LogP contribution in [0.2, 0.25) is 0 Å². The van der Waals surface area contributed by atoms with Gasteiger partial charge in [0.05, 0.1) is 49.2 Å². The number of likely N-dealkylation sites (N-methyl/N-ethyl adjacent to an activating group) is 2. The zero-order valence-electron chi connectivity index (χ0n) is 36.6. The van der Waals surface area contributed by atoms with Gasteiger partial charge < -0.3 is 35.6 Å². The van der Waals surface area contributed by atoms with E-state index in [1.807, 2.05) is 90.9 Å². The molecule has 0 aromatic heterocycles. The second-order valence-electron chi connectivity index (χ2n) is 16.5. The second kappa shape index (κ2) is 23.5. The number of nitrogens with one attached hydrogen (secondary N) is 2. The molecule has 1 heterocycles. The molecule has 57 heavy (non-hydrogen) atoms. The quantitative estimate of drug-likeness (QED) is 0.109. The van der Waals surface area contributed by atoms with E-state index in [0.717, 1.165) is 12.0 Å². The van der Waals surface area contributed by atoms with E-state index >= 15 is 0 Å². The van der Waals surface area contributed by atoms with E-state index in [4.69, 9.17) is 15.2 Å². The maximum Gasteiger partial charge on any atom is 0.245 e. The number of ether oxygens (including phenoxy) is 2. The standard InChI is InChI=1S/C44H72N6O7/c1-14-29(7)40(49(11)44(55)38(27(3)4)47-43(54)39(28(5)6)48(9)10)36(56-12)24-37(52)50-26-33(45)23-34(50)41(57-13)30(8)42(53)46-25-35(51)32(15-2)22-21-31-19-17-16-18-20-31/h15-19,21-22,27-30,33-34,36,38-41H,2,14,20,23-26,45H2,1,3-13H3,(H,46,53)(H,47,54)/b31-21-,32-22+/t29-,30+,33-,34-,36+,38-,39-,40-,41+/m0/s1. The highest BCUT2D eigenvalue weighted by molar-refractivity contribution is 6.01. The van der Waals surface area contributed by atoms with E-state index < -0.39 is 48.2 Å². The Morgan fingerprint density at radius 3 is 2.18 bits per heavy atom. The first-order valence-electron chi connectivity index (χ1n) is 20.4. The van der Waals surface area contributed by atoms with Crippen LogP contribution in [-0.2, 0) is 33.4 Å². The van der Waals surface area contributed by atoms with Crippen molar-refractivity contribution in [3.05, 3.63) is 60.3 Å². The number of Topliss-reactive ketones (excluding diaryl/α,β-unsaturated/α-hetero) is 1. The van der Waals surface area contributed by atoms with Gasteiger partial charge in [-0.15, -0.1) is 0 Å². The van der Waals surface area contributed by atoms with Crippen molar-refractivity contribution >= 4 is 29.4 Å². The van der Waals surface area contributed by atoms with Crippen LogP contribution in [0.4, 0.5) is 0 Å². The lowest BCUT2D eigenvalue weighted by molar-refractivity contribution is -0.148. The Labute approximate surface area is 342 Å². The zero-order valence-corrected chi connectivity index (χ0v) is 36.6. The Morgan fingerprint density at radius 2 is 1.67 bits per heavy atom. The van der Waals surface area contributed by atoms with Crippen LogP contribution in [0.3, 0.4) is 0 Å². The molecular weight excluding hydrogens is 725 g/mol. The average Bonchev–Trinajstić information content (AvgIpc) is 3.56. The number of allylic oxidation sites excluding steroid dienone is 8. The Morgan fingerprint density at radius 1 is 1.00 bits per heavy atom. The van der Waals surface area contributed by atoms with Crippen LogP contribution in [0.15, 0.2) is 60.3 Å². The van der Waals surface area contributed by atoms with Gasteiger partial charge in [-0.1, -0.05) is 104 Å². The third kappa shape index (κ3) is 13.6. The van der Waals surface area contributed by atoms with Crippen LogP contribution in [0.25, 0.3) is 0 Å². The molecule has 4 amide bonds. The molecule has 0 spiro atoms. The summed E-state index contributed by atoms with van der Waals surface area (Å²) < 4.78 is 11.9. The molecule has 1 aliphatic heterocycles. The first-order valence-corrected chi connectivity index (χ1v) is 20.4. The highest BCUT2D eigenvalue weighted by Crippen LogP contribution is 2.29. The number of carbonyl (C=O) groups is 5. The van der Waals surface area contributed by atoms with Crippen molar-refractivity contribution in [2.24, 2.45) is 29.4 Å². The first kappa shape index (κ1) is 49.2. The lowest BCUT2D eigenvalue weighted by Crippen LogP contribution is -2.59. The van der Waals surface area contributed by atoms with Gasteiger partial charge in [0.1, 0.15) is 6.04 Å². The topological polar surface area (TPSA) is 164 Å². The number of carbonyl (C=O) groups excluding carboxylic acids is 5. The van der Waals surface area contributed by atoms with Crippen molar-refractivity contribution in [2.45, 2.75) is 117 Å². The van der Waals surface area contributed by atoms with E-state index in [1.54, 1.807) is 29.8 Å². The molecule has 0 bridgehead atoms. The number of likely N-dealkylation sites (tertiary alicyclic amines) is 1. The minimum Gasteiger partial charge on any atom is -0.379 e. The molecule has 9 atom stereocenters. The second-order valence-corrected chi connectivity index (χ2v) is 16.5. The van der Waals surface area contributed by atoms with Gasteiger partial charge in [-0.2, -0.15) is 0 Å². The maximum atomic E-state index is 14.3. The summed E-state index contributed by atoms with van der Waals surface area (Å²) in [7, 11) is 8.43. The highest BCUT2D eigenvalue weighted by Gasteiger charge is 2.45. The molecule has 13 heteroatoms. The number of nitrogens with zero attached hydrogens (tertiary/aromatic N) is 3. The van der Waals surface area contributed by atoms with E-state index in [9.17, 15) is 24.0 Å².